The van der Waals surface area contributed by atoms with Crippen LogP contribution < -0.4 is 5.32 Å². The summed E-state index contributed by atoms with van der Waals surface area (Å²) in [7, 11) is 1.98. The zero-order valence-corrected chi connectivity index (χ0v) is 11.7. The molecule has 0 aromatic carbocycles. The zero-order chi connectivity index (χ0) is 13.7. The molecule has 0 fully saturated rings. The maximum Gasteiger partial charge on any atom is 0.133 e. The fourth-order valence-electron chi connectivity index (χ4n) is 1.93. The highest BCUT2D eigenvalue weighted by molar-refractivity contribution is 5.15. The first-order valence-electron chi connectivity index (χ1n) is 6.54. The summed E-state index contributed by atoms with van der Waals surface area (Å²) in [6.45, 7) is 5.47. The first-order valence-corrected chi connectivity index (χ1v) is 6.54. The average Bonchev–Trinajstić information content (AvgIpc) is 3.01. The number of aromatic nitrogens is 2. The van der Waals surface area contributed by atoms with Crippen molar-refractivity contribution in [1.82, 2.24) is 14.9 Å². The number of aryl methyl sites for hydroxylation is 1. The summed E-state index contributed by atoms with van der Waals surface area (Å²) in [6.07, 6.45) is 5.64. The first-order chi connectivity index (χ1) is 9.18. The van der Waals surface area contributed by atoms with Crippen molar-refractivity contribution in [2.75, 3.05) is 13.2 Å². The van der Waals surface area contributed by atoms with Crippen molar-refractivity contribution in [3.63, 3.8) is 0 Å². The molecular weight excluding hydrogens is 242 g/mol. The van der Waals surface area contributed by atoms with Crippen LogP contribution in [-0.4, -0.2) is 28.8 Å². The smallest absolute Gasteiger partial charge is 0.133 e. The van der Waals surface area contributed by atoms with Crippen LogP contribution in [0.3, 0.4) is 0 Å². The maximum absolute atomic E-state index is 5.54. The number of ether oxygens (including phenoxy) is 1. The van der Waals surface area contributed by atoms with Crippen LogP contribution in [0, 0.1) is 0 Å². The lowest BCUT2D eigenvalue weighted by Crippen LogP contribution is -2.28. The topological polar surface area (TPSA) is 52.2 Å². The van der Waals surface area contributed by atoms with Crippen LogP contribution in [0.4, 0.5) is 0 Å². The van der Waals surface area contributed by atoms with Crippen LogP contribution in [0.1, 0.15) is 31.5 Å². The molecule has 1 atom stereocenters. The van der Waals surface area contributed by atoms with Gasteiger partial charge in [-0.25, -0.2) is 4.98 Å². The lowest BCUT2D eigenvalue weighted by atomic mass is 10.2. The van der Waals surface area contributed by atoms with Crippen molar-refractivity contribution in [1.29, 1.82) is 0 Å². The van der Waals surface area contributed by atoms with Gasteiger partial charge in [0.25, 0.3) is 0 Å². The molecule has 0 aliphatic rings. The van der Waals surface area contributed by atoms with Crippen molar-refractivity contribution in [3.8, 4) is 0 Å². The van der Waals surface area contributed by atoms with Crippen LogP contribution in [-0.2, 0) is 11.8 Å². The molecule has 0 aliphatic heterocycles. The minimum Gasteiger partial charge on any atom is -0.467 e. The van der Waals surface area contributed by atoms with Gasteiger partial charge in [-0.3, -0.25) is 5.32 Å². The molecule has 2 aromatic heterocycles. The molecule has 0 saturated heterocycles. The summed E-state index contributed by atoms with van der Waals surface area (Å²) >= 11 is 0. The summed E-state index contributed by atoms with van der Waals surface area (Å²) in [4.78, 5) is 4.39. The normalized spacial score (nSPS) is 13.1. The summed E-state index contributed by atoms with van der Waals surface area (Å²) in [5.41, 5.74) is 0. The molecular formula is C14H21N3O2. The Kier molecular flexibility index (Phi) is 4.76. The Balaban J connectivity index is 2.02. The van der Waals surface area contributed by atoms with Gasteiger partial charge in [0.1, 0.15) is 17.6 Å². The van der Waals surface area contributed by atoms with E-state index in [1.54, 1.807) is 12.5 Å². The number of rotatable bonds is 7. The molecule has 0 radical (unpaired) electrons. The van der Waals surface area contributed by atoms with E-state index >= 15 is 0 Å². The number of furan rings is 1. The Labute approximate surface area is 113 Å². The van der Waals surface area contributed by atoms with E-state index in [-0.39, 0.29) is 12.1 Å². The summed E-state index contributed by atoms with van der Waals surface area (Å²) in [6, 6.07) is 3.79. The molecule has 0 aliphatic carbocycles. The van der Waals surface area contributed by atoms with Gasteiger partial charge in [0.15, 0.2) is 0 Å². The minimum atomic E-state index is -0.0502. The second-order valence-corrected chi connectivity index (χ2v) is 4.72. The third-order valence-corrected chi connectivity index (χ3v) is 2.85. The van der Waals surface area contributed by atoms with Gasteiger partial charge in [0.2, 0.25) is 0 Å². The number of imidazole rings is 1. The second-order valence-electron chi connectivity index (χ2n) is 4.72. The summed E-state index contributed by atoms with van der Waals surface area (Å²) in [5.74, 6) is 1.79. The molecule has 0 spiro atoms. The van der Waals surface area contributed by atoms with Crippen LogP contribution in [0.25, 0.3) is 0 Å². The van der Waals surface area contributed by atoms with E-state index in [2.05, 4.69) is 10.3 Å². The Bertz CT molecular complexity index is 477. The van der Waals surface area contributed by atoms with E-state index in [9.17, 15) is 0 Å². The number of hydrogen-bond acceptors (Lipinski definition) is 4. The molecule has 5 nitrogen and oxygen atoms in total. The second kappa shape index (κ2) is 6.54. The summed E-state index contributed by atoms with van der Waals surface area (Å²) < 4.78 is 13.0. The molecule has 1 N–H and O–H groups in total. The van der Waals surface area contributed by atoms with Crippen molar-refractivity contribution in [2.24, 2.45) is 7.05 Å². The van der Waals surface area contributed by atoms with Gasteiger partial charge in [0, 0.05) is 26.0 Å². The van der Waals surface area contributed by atoms with E-state index in [0.29, 0.717) is 6.61 Å². The lowest BCUT2D eigenvalue weighted by Gasteiger charge is -2.17. The molecule has 5 heteroatoms. The predicted molar refractivity (Wildman–Crippen MR) is 72.8 cm³/mol. The molecule has 0 bridgehead atoms. The highest BCUT2D eigenvalue weighted by Gasteiger charge is 2.20. The number of hydrogen-bond donors (Lipinski definition) is 1. The molecule has 1 unspecified atom stereocenters. The molecule has 104 valence electrons. The van der Waals surface area contributed by atoms with Crippen molar-refractivity contribution in [3.05, 3.63) is 42.4 Å². The molecule has 0 amide bonds. The Hall–Kier alpha value is -1.59. The van der Waals surface area contributed by atoms with Crippen LogP contribution in [0.15, 0.2) is 35.2 Å². The van der Waals surface area contributed by atoms with Crippen molar-refractivity contribution >= 4 is 0 Å². The molecule has 0 saturated carbocycles. The third-order valence-electron chi connectivity index (χ3n) is 2.85. The fourth-order valence-corrected chi connectivity index (χ4v) is 1.93. The van der Waals surface area contributed by atoms with Crippen LogP contribution >= 0.6 is 0 Å². The predicted octanol–water partition coefficient (Wildman–Crippen LogP) is 2.12. The zero-order valence-electron chi connectivity index (χ0n) is 11.7. The monoisotopic (exact) mass is 263 g/mol. The maximum atomic E-state index is 5.54. The van der Waals surface area contributed by atoms with Gasteiger partial charge in [-0.1, -0.05) is 0 Å². The van der Waals surface area contributed by atoms with Crippen LogP contribution in [0.2, 0.25) is 0 Å². The van der Waals surface area contributed by atoms with Gasteiger partial charge in [-0.05, 0) is 26.0 Å². The van der Waals surface area contributed by atoms with E-state index < -0.39 is 0 Å². The van der Waals surface area contributed by atoms with E-state index in [1.807, 2.05) is 43.8 Å². The first kappa shape index (κ1) is 13.8. The highest BCUT2D eigenvalue weighted by atomic mass is 16.5. The van der Waals surface area contributed by atoms with Crippen LogP contribution in [0.5, 0.6) is 0 Å². The molecule has 2 heterocycles. The van der Waals surface area contributed by atoms with Gasteiger partial charge in [-0.2, -0.15) is 0 Å². The Morgan fingerprint density at radius 3 is 2.89 bits per heavy atom. The van der Waals surface area contributed by atoms with Gasteiger partial charge < -0.3 is 13.7 Å². The van der Waals surface area contributed by atoms with E-state index in [1.165, 1.54) is 0 Å². The SMILES string of the molecule is CC(C)OCCNC(c1ccco1)c1nccn1C. The standard InChI is InChI=1S/C14H21N3O2/c1-11(2)18-10-7-15-13(12-5-4-9-19-12)14-16-6-8-17(14)3/h4-6,8-9,11,13,15H,7,10H2,1-3H3. The highest BCUT2D eigenvalue weighted by Crippen LogP contribution is 2.20. The fraction of sp³-hybridized carbons (Fsp3) is 0.500. The molecule has 2 aromatic rings. The van der Waals surface area contributed by atoms with Crippen molar-refractivity contribution in [2.45, 2.75) is 26.0 Å². The number of nitrogens with zero attached hydrogens (tertiary/aromatic N) is 2. The number of nitrogens with one attached hydrogen (secondary N) is 1. The van der Waals surface area contributed by atoms with Gasteiger partial charge in [-0.15, -0.1) is 0 Å². The third kappa shape index (κ3) is 3.68. The minimum absolute atomic E-state index is 0.0502. The van der Waals surface area contributed by atoms with E-state index in [0.717, 1.165) is 18.1 Å². The molecule has 2 rings (SSSR count). The van der Waals surface area contributed by atoms with E-state index in [4.69, 9.17) is 9.15 Å². The average molecular weight is 263 g/mol. The lowest BCUT2D eigenvalue weighted by molar-refractivity contribution is 0.0794. The largest absolute Gasteiger partial charge is 0.467 e. The molecule has 19 heavy (non-hydrogen) atoms. The quantitative estimate of drug-likeness (QED) is 0.777. The Morgan fingerprint density at radius 1 is 1.47 bits per heavy atom. The van der Waals surface area contributed by atoms with Gasteiger partial charge >= 0.3 is 0 Å². The van der Waals surface area contributed by atoms with Crippen molar-refractivity contribution < 1.29 is 9.15 Å². The Morgan fingerprint density at radius 2 is 2.32 bits per heavy atom. The summed E-state index contributed by atoms with van der Waals surface area (Å²) in [5, 5.41) is 3.42. The van der Waals surface area contributed by atoms with Gasteiger partial charge in [0.05, 0.1) is 19.0 Å².